The van der Waals surface area contributed by atoms with Crippen LogP contribution in [0.3, 0.4) is 0 Å². The number of benzene rings is 2. The molecular formula is C19H20FN3O4S. The van der Waals surface area contributed by atoms with E-state index in [1.807, 2.05) is 0 Å². The van der Waals surface area contributed by atoms with Gasteiger partial charge in [-0.25, -0.2) is 12.8 Å². The van der Waals surface area contributed by atoms with Crippen molar-refractivity contribution in [2.75, 3.05) is 17.8 Å². The summed E-state index contributed by atoms with van der Waals surface area (Å²) in [6, 6.07) is 11.0. The van der Waals surface area contributed by atoms with Gasteiger partial charge in [-0.2, -0.15) is 0 Å². The summed E-state index contributed by atoms with van der Waals surface area (Å²) in [6.45, 7) is 0.744. The Hall–Kier alpha value is -2.94. The van der Waals surface area contributed by atoms with Gasteiger partial charge >= 0.3 is 0 Å². The number of sulfonamides is 1. The lowest BCUT2D eigenvalue weighted by molar-refractivity contribution is -0.123. The first-order valence-electron chi connectivity index (χ1n) is 8.74. The molecule has 0 aromatic heterocycles. The van der Waals surface area contributed by atoms with Crippen molar-refractivity contribution in [3.63, 3.8) is 0 Å². The molecule has 0 bridgehead atoms. The number of anilines is 1. The van der Waals surface area contributed by atoms with E-state index in [-0.39, 0.29) is 33.9 Å². The molecule has 28 heavy (non-hydrogen) atoms. The van der Waals surface area contributed by atoms with Gasteiger partial charge in [-0.15, -0.1) is 0 Å². The van der Waals surface area contributed by atoms with Gasteiger partial charge in [-0.05, 0) is 43.2 Å². The van der Waals surface area contributed by atoms with Crippen molar-refractivity contribution in [2.45, 2.75) is 17.7 Å². The highest BCUT2D eigenvalue weighted by Gasteiger charge is 2.27. The number of primary amides is 1. The van der Waals surface area contributed by atoms with Gasteiger partial charge in [0, 0.05) is 24.6 Å². The Morgan fingerprint density at radius 3 is 2.39 bits per heavy atom. The van der Waals surface area contributed by atoms with E-state index in [1.54, 1.807) is 4.90 Å². The Balaban J connectivity index is 1.77. The summed E-state index contributed by atoms with van der Waals surface area (Å²) in [5, 5.41) is 0. The lowest BCUT2D eigenvalue weighted by Gasteiger charge is -2.30. The maximum atomic E-state index is 13.8. The van der Waals surface area contributed by atoms with Crippen LogP contribution in [0.25, 0.3) is 0 Å². The number of carbonyl (C=O) groups is 2. The molecule has 0 unspecified atom stereocenters. The average Bonchev–Trinajstić information content (AvgIpc) is 2.69. The van der Waals surface area contributed by atoms with E-state index < -0.39 is 15.8 Å². The number of likely N-dealkylation sites (tertiary alicyclic amines) is 1. The Bertz CT molecular complexity index is 1000. The zero-order valence-electron chi connectivity index (χ0n) is 15.0. The van der Waals surface area contributed by atoms with Gasteiger partial charge in [0.25, 0.3) is 15.9 Å². The maximum absolute atomic E-state index is 13.8. The molecule has 3 N–H and O–H groups in total. The van der Waals surface area contributed by atoms with Crippen LogP contribution < -0.4 is 10.5 Å². The second kappa shape index (κ2) is 7.97. The van der Waals surface area contributed by atoms with E-state index in [2.05, 4.69) is 4.72 Å². The van der Waals surface area contributed by atoms with Gasteiger partial charge in [-0.3, -0.25) is 14.3 Å². The van der Waals surface area contributed by atoms with Gasteiger partial charge in [0.2, 0.25) is 5.91 Å². The van der Waals surface area contributed by atoms with E-state index in [1.165, 1.54) is 42.5 Å². The molecule has 1 aliphatic heterocycles. The van der Waals surface area contributed by atoms with Crippen molar-refractivity contribution in [3.8, 4) is 0 Å². The van der Waals surface area contributed by atoms with Gasteiger partial charge < -0.3 is 10.6 Å². The minimum absolute atomic E-state index is 0.145. The summed E-state index contributed by atoms with van der Waals surface area (Å²) < 4.78 is 41.1. The summed E-state index contributed by atoms with van der Waals surface area (Å²) in [5.74, 6) is -1.65. The minimum Gasteiger partial charge on any atom is -0.369 e. The first kappa shape index (κ1) is 19.8. The Morgan fingerprint density at radius 2 is 1.75 bits per heavy atom. The number of amides is 2. The lowest BCUT2D eigenvalue weighted by atomic mass is 9.96. The highest BCUT2D eigenvalue weighted by molar-refractivity contribution is 7.92. The number of nitrogens with two attached hydrogens (primary N) is 1. The number of hydrogen-bond acceptors (Lipinski definition) is 4. The standard InChI is InChI=1S/C19H20FN3O4S/c20-16-6-1-2-7-17(16)22-28(26,27)15-5-3-4-14(12-15)19(25)23-10-8-13(9-11-23)18(21)24/h1-7,12-13,22H,8-11H2,(H2,21,24). The molecule has 2 amide bonds. The van der Waals surface area contributed by atoms with Crippen molar-refractivity contribution < 1.29 is 22.4 Å². The van der Waals surface area contributed by atoms with Crippen LogP contribution in [-0.4, -0.2) is 38.2 Å². The quantitative estimate of drug-likeness (QED) is 0.792. The van der Waals surface area contributed by atoms with Crippen LogP contribution in [0.1, 0.15) is 23.2 Å². The third-order valence-electron chi connectivity index (χ3n) is 4.69. The SMILES string of the molecule is NC(=O)C1CCN(C(=O)c2cccc(S(=O)(=O)Nc3ccccc3F)c2)CC1. The van der Waals surface area contributed by atoms with Crippen LogP contribution in [0.5, 0.6) is 0 Å². The van der Waals surface area contributed by atoms with Crippen LogP contribution in [0.15, 0.2) is 53.4 Å². The summed E-state index contributed by atoms with van der Waals surface area (Å²) in [4.78, 5) is 25.4. The van der Waals surface area contributed by atoms with E-state index >= 15 is 0 Å². The minimum atomic E-state index is -4.06. The van der Waals surface area contributed by atoms with Crippen molar-refractivity contribution in [2.24, 2.45) is 11.7 Å². The molecule has 9 heteroatoms. The van der Waals surface area contributed by atoms with Gasteiger partial charge in [0.15, 0.2) is 0 Å². The highest BCUT2D eigenvalue weighted by Crippen LogP contribution is 2.22. The molecule has 1 fully saturated rings. The molecule has 1 aliphatic rings. The fourth-order valence-corrected chi connectivity index (χ4v) is 4.21. The number of nitrogens with one attached hydrogen (secondary N) is 1. The van der Waals surface area contributed by atoms with Crippen molar-refractivity contribution in [3.05, 3.63) is 59.9 Å². The molecular weight excluding hydrogens is 385 g/mol. The van der Waals surface area contributed by atoms with Crippen molar-refractivity contribution in [1.82, 2.24) is 4.90 Å². The van der Waals surface area contributed by atoms with E-state index in [9.17, 15) is 22.4 Å². The molecule has 7 nitrogen and oxygen atoms in total. The van der Waals surface area contributed by atoms with Crippen LogP contribution in [0, 0.1) is 11.7 Å². The van der Waals surface area contributed by atoms with Gasteiger partial charge in [0.1, 0.15) is 5.82 Å². The summed E-state index contributed by atoms with van der Waals surface area (Å²) >= 11 is 0. The molecule has 148 valence electrons. The molecule has 2 aromatic carbocycles. The third kappa shape index (κ3) is 4.30. The normalized spacial score (nSPS) is 15.2. The molecule has 1 heterocycles. The van der Waals surface area contributed by atoms with Crippen LogP contribution in [0.4, 0.5) is 10.1 Å². The second-order valence-electron chi connectivity index (χ2n) is 6.58. The molecule has 2 aromatic rings. The molecule has 3 rings (SSSR count). The monoisotopic (exact) mass is 405 g/mol. The first-order chi connectivity index (χ1) is 13.3. The van der Waals surface area contributed by atoms with Gasteiger partial charge in [-0.1, -0.05) is 18.2 Å². The number of carbonyl (C=O) groups excluding carboxylic acids is 2. The molecule has 0 aliphatic carbocycles. The molecule has 0 radical (unpaired) electrons. The third-order valence-corrected chi connectivity index (χ3v) is 6.06. The number of hydrogen-bond donors (Lipinski definition) is 2. The predicted molar refractivity (Wildman–Crippen MR) is 101 cm³/mol. The van der Waals surface area contributed by atoms with Crippen LogP contribution >= 0.6 is 0 Å². The van der Waals surface area contributed by atoms with Crippen molar-refractivity contribution >= 4 is 27.5 Å². The second-order valence-corrected chi connectivity index (χ2v) is 8.26. The summed E-state index contributed by atoms with van der Waals surface area (Å²) in [6.07, 6.45) is 0.960. The molecule has 0 atom stereocenters. The Morgan fingerprint density at radius 1 is 1.07 bits per heavy atom. The summed E-state index contributed by atoms with van der Waals surface area (Å²) in [7, 11) is -4.06. The molecule has 0 spiro atoms. The number of halogens is 1. The topological polar surface area (TPSA) is 110 Å². The van der Waals surface area contributed by atoms with Gasteiger partial charge in [0.05, 0.1) is 10.6 Å². The smallest absolute Gasteiger partial charge is 0.262 e. The van der Waals surface area contributed by atoms with E-state index in [4.69, 9.17) is 5.73 Å². The van der Waals surface area contributed by atoms with E-state index in [0.29, 0.717) is 25.9 Å². The highest BCUT2D eigenvalue weighted by atomic mass is 32.2. The molecule has 0 saturated carbocycles. The molecule has 1 saturated heterocycles. The summed E-state index contributed by atoms with van der Waals surface area (Å²) in [5.41, 5.74) is 5.33. The lowest BCUT2D eigenvalue weighted by Crippen LogP contribution is -2.41. The fraction of sp³-hybridized carbons (Fsp3) is 0.263. The first-order valence-corrected chi connectivity index (χ1v) is 10.2. The number of para-hydroxylation sites is 1. The number of piperidine rings is 1. The fourth-order valence-electron chi connectivity index (χ4n) is 3.09. The zero-order chi connectivity index (χ0) is 20.3. The van der Waals surface area contributed by atoms with Crippen molar-refractivity contribution in [1.29, 1.82) is 0 Å². The zero-order valence-corrected chi connectivity index (χ0v) is 15.8. The largest absolute Gasteiger partial charge is 0.369 e. The van der Waals surface area contributed by atoms with E-state index in [0.717, 1.165) is 6.07 Å². The number of rotatable bonds is 5. The number of nitrogens with zero attached hydrogens (tertiary/aromatic N) is 1. The Kier molecular flexibility index (Phi) is 5.64. The predicted octanol–water partition coefficient (Wildman–Crippen LogP) is 1.96. The van der Waals surface area contributed by atoms with Crippen LogP contribution in [-0.2, 0) is 14.8 Å². The average molecular weight is 405 g/mol. The maximum Gasteiger partial charge on any atom is 0.262 e. The van der Waals surface area contributed by atoms with Crippen LogP contribution in [0.2, 0.25) is 0 Å². The Labute approximate surface area is 162 Å².